The van der Waals surface area contributed by atoms with Gasteiger partial charge in [-0.2, -0.15) is 0 Å². The second-order valence-corrected chi connectivity index (χ2v) is 14.1. The molecule has 27 heavy (non-hydrogen) atoms. The van der Waals surface area contributed by atoms with Gasteiger partial charge < -0.3 is 0 Å². The number of allylic oxidation sites excluding steroid dienone is 2. The third-order valence-electron chi connectivity index (χ3n) is 5.91. The van der Waals surface area contributed by atoms with E-state index in [0.29, 0.717) is 0 Å². The number of benzene rings is 2. The third kappa shape index (κ3) is 4.72. The summed E-state index contributed by atoms with van der Waals surface area (Å²) < 4.78 is 0. The summed E-state index contributed by atoms with van der Waals surface area (Å²) in [7, 11) is -1.24. The van der Waals surface area contributed by atoms with Crippen LogP contribution in [0, 0.1) is 5.92 Å². The minimum absolute atomic E-state index is 0. The second kappa shape index (κ2) is 8.58. The van der Waals surface area contributed by atoms with Gasteiger partial charge in [0.1, 0.15) is 0 Å². The topological polar surface area (TPSA) is 0 Å². The van der Waals surface area contributed by atoms with E-state index in [4.69, 9.17) is 0 Å². The Morgan fingerprint density at radius 3 is 2.22 bits per heavy atom. The molecule has 138 valence electrons. The van der Waals surface area contributed by atoms with E-state index < -0.39 is 8.07 Å². The molecule has 0 saturated heterocycles. The van der Waals surface area contributed by atoms with Gasteiger partial charge >= 0.3 is 0 Å². The second-order valence-electron chi connectivity index (χ2n) is 8.99. The van der Waals surface area contributed by atoms with Gasteiger partial charge in [0.25, 0.3) is 0 Å². The number of hydrogen-bond donors (Lipinski definition) is 0. The van der Waals surface area contributed by atoms with Gasteiger partial charge in [0.2, 0.25) is 0 Å². The summed E-state index contributed by atoms with van der Waals surface area (Å²) in [5.41, 5.74) is 4.12. The van der Waals surface area contributed by atoms with Crippen LogP contribution in [0.25, 0.3) is 23.3 Å². The standard InChI is InChI=1S/C25H30Si.Zr/c1-26(2,3)23-14-12-21(13-15-23)24-11-7-10-22-17-20(18-25(22)24)16-19-8-5-4-6-9-19;/h7,10-19H,4-6,8-9H2,1-3H3;. The molecule has 1 saturated carbocycles. The molecule has 4 rings (SSSR count). The van der Waals surface area contributed by atoms with Gasteiger partial charge in [-0.3, -0.25) is 0 Å². The van der Waals surface area contributed by atoms with Crippen molar-refractivity contribution in [2.75, 3.05) is 0 Å². The van der Waals surface area contributed by atoms with Crippen LogP contribution in [0.5, 0.6) is 0 Å². The largest absolute Gasteiger partial charge is 0.0775 e. The zero-order valence-electron chi connectivity index (χ0n) is 16.9. The van der Waals surface area contributed by atoms with Crippen LogP contribution >= 0.6 is 0 Å². The molecule has 0 amide bonds. The monoisotopic (exact) mass is 448 g/mol. The summed E-state index contributed by atoms with van der Waals surface area (Å²) in [6.45, 7) is 7.23. The van der Waals surface area contributed by atoms with E-state index in [-0.39, 0.29) is 26.2 Å². The molecule has 0 atom stereocenters. The fourth-order valence-electron chi connectivity index (χ4n) is 4.33. The van der Waals surface area contributed by atoms with Crippen LogP contribution < -0.4 is 15.6 Å². The summed E-state index contributed by atoms with van der Waals surface area (Å²) in [5, 5.41) is 4.30. The molecule has 0 unspecified atom stereocenters. The van der Waals surface area contributed by atoms with Crippen LogP contribution in [-0.4, -0.2) is 8.07 Å². The molecule has 0 spiro atoms. The van der Waals surface area contributed by atoms with Crippen molar-refractivity contribution < 1.29 is 26.2 Å². The average Bonchev–Trinajstić information content (AvgIpc) is 3.04. The summed E-state index contributed by atoms with van der Waals surface area (Å²) >= 11 is 0. The molecular formula is C25H30SiZr. The molecule has 2 aromatic carbocycles. The molecule has 0 N–H and O–H groups in total. The van der Waals surface area contributed by atoms with Gasteiger partial charge in [0.05, 0.1) is 8.07 Å². The Kier molecular flexibility index (Phi) is 6.59. The average molecular weight is 450 g/mol. The zero-order valence-corrected chi connectivity index (χ0v) is 20.3. The Bertz CT molecular complexity index is 939. The van der Waals surface area contributed by atoms with Crippen LogP contribution in [0.1, 0.15) is 32.1 Å². The van der Waals surface area contributed by atoms with E-state index in [0.717, 1.165) is 5.92 Å². The van der Waals surface area contributed by atoms with Crippen molar-refractivity contribution in [2.45, 2.75) is 51.7 Å². The van der Waals surface area contributed by atoms with Gasteiger partial charge in [-0.15, -0.1) is 0 Å². The minimum Gasteiger partial charge on any atom is -0.0741 e. The SMILES string of the molecule is C[Si](C)(C)c1ccc(-c2cccc3c2=CC(=CC2CCCCC2)C=3)cc1.[Zr]. The molecule has 2 aromatic rings. The molecule has 0 radical (unpaired) electrons. The number of hydrogen-bond acceptors (Lipinski definition) is 0. The van der Waals surface area contributed by atoms with Crippen molar-refractivity contribution in [1.82, 2.24) is 0 Å². The van der Waals surface area contributed by atoms with E-state index in [1.165, 1.54) is 64.4 Å². The van der Waals surface area contributed by atoms with Gasteiger partial charge in [-0.05, 0) is 58.0 Å². The predicted octanol–water partition coefficient (Wildman–Crippen LogP) is 4.98. The summed E-state index contributed by atoms with van der Waals surface area (Å²) in [6.07, 6.45) is 14.3. The number of fused-ring (bicyclic) bond motifs is 1. The smallest absolute Gasteiger partial charge is 0.0741 e. The zero-order chi connectivity index (χ0) is 18.1. The van der Waals surface area contributed by atoms with E-state index in [1.54, 1.807) is 0 Å². The molecule has 1 fully saturated rings. The van der Waals surface area contributed by atoms with Crippen LogP contribution in [0.2, 0.25) is 19.6 Å². The molecule has 0 heterocycles. The van der Waals surface area contributed by atoms with Crippen molar-refractivity contribution in [1.29, 1.82) is 0 Å². The van der Waals surface area contributed by atoms with Crippen molar-refractivity contribution in [3.05, 3.63) is 64.6 Å². The quantitative estimate of drug-likeness (QED) is 0.580. The maximum atomic E-state index is 2.53. The van der Waals surface area contributed by atoms with E-state index in [2.05, 4.69) is 80.3 Å². The van der Waals surface area contributed by atoms with Crippen molar-refractivity contribution in [3.8, 4) is 11.1 Å². The van der Waals surface area contributed by atoms with Gasteiger partial charge in [-0.25, -0.2) is 0 Å². The first-order valence-electron chi connectivity index (χ1n) is 10.2. The first-order chi connectivity index (χ1) is 12.5. The molecule has 0 nitrogen and oxygen atoms in total. The molecule has 0 aliphatic heterocycles. The van der Waals surface area contributed by atoms with Crippen LogP contribution in [0.15, 0.2) is 54.1 Å². The molecule has 2 heteroatoms. The molecule has 0 bridgehead atoms. The van der Waals surface area contributed by atoms with Crippen molar-refractivity contribution in [2.24, 2.45) is 5.92 Å². The summed E-state index contributed by atoms with van der Waals surface area (Å²) in [5.74, 6) is 0.778. The molecule has 0 aromatic heterocycles. The van der Waals surface area contributed by atoms with E-state index in [1.807, 2.05) is 0 Å². The van der Waals surface area contributed by atoms with Crippen LogP contribution in [-0.2, 0) is 26.2 Å². The number of rotatable bonds is 3. The fraction of sp³-hybridized carbons (Fsp3) is 0.360. The van der Waals surface area contributed by atoms with E-state index >= 15 is 0 Å². The fourth-order valence-corrected chi connectivity index (χ4v) is 5.50. The van der Waals surface area contributed by atoms with Gasteiger partial charge in [0, 0.05) is 26.2 Å². The molecule has 2 aliphatic carbocycles. The molecular weight excluding hydrogens is 420 g/mol. The Labute approximate surface area is 184 Å². The van der Waals surface area contributed by atoms with Crippen LogP contribution in [0.3, 0.4) is 0 Å². The first kappa shape index (κ1) is 20.7. The Hall–Kier alpha value is -0.980. The third-order valence-corrected chi connectivity index (χ3v) is 7.98. The van der Waals surface area contributed by atoms with Gasteiger partial charge in [-0.1, -0.05) is 92.6 Å². The first-order valence-corrected chi connectivity index (χ1v) is 13.7. The van der Waals surface area contributed by atoms with Crippen LogP contribution in [0.4, 0.5) is 0 Å². The molecule has 2 aliphatic rings. The maximum absolute atomic E-state index is 2.53. The Balaban J connectivity index is 0.00000210. The van der Waals surface area contributed by atoms with Crippen molar-refractivity contribution in [3.63, 3.8) is 0 Å². The van der Waals surface area contributed by atoms with Gasteiger partial charge in [0.15, 0.2) is 0 Å². The normalized spacial score (nSPS) is 18.4. The minimum atomic E-state index is -1.24. The van der Waals surface area contributed by atoms with E-state index in [9.17, 15) is 0 Å². The Morgan fingerprint density at radius 2 is 1.56 bits per heavy atom. The predicted molar refractivity (Wildman–Crippen MR) is 118 cm³/mol. The summed E-state index contributed by atoms with van der Waals surface area (Å²) in [6, 6.07) is 16.1. The van der Waals surface area contributed by atoms with Crippen molar-refractivity contribution >= 4 is 25.4 Å². The Morgan fingerprint density at radius 1 is 0.852 bits per heavy atom. The maximum Gasteiger partial charge on any atom is 0.0775 e. The summed E-state index contributed by atoms with van der Waals surface area (Å²) in [4.78, 5) is 0.